The number of benzene rings is 1. The smallest absolute Gasteiger partial charge is 0.321 e. The predicted octanol–water partition coefficient (Wildman–Crippen LogP) is 1.46. The molecule has 3 N–H and O–H groups in total. The maximum absolute atomic E-state index is 11.8. The third-order valence-electron chi connectivity index (χ3n) is 2.95. The summed E-state index contributed by atoms with van der Waals surface area (Å²) in [6.07, 6.45) is 7.28. The second kappa shape index (κ2) is 6.11. The molecule has 1 aliphatic carbocycles. The molecular formula is C15H17N3O2. The van der Waals surface area contributed by atoms with E-state index in [-0.39, 0.29) is 11.9 Å². The molecule has 1 aliphatic rings. The molecule has 1 saturated carbocycles. The van der Waals surface area contributed by atoms with Gasteiger partial charge in [-0.15, -0.1) is 6.42 Å². The Morgan fingerprint density at radius 3 is 2.80 bits per heavy atom. The summed E-state index contributed by atoms with van der Waals surface area (Å²) in [5, 5.41) is 8.01. The van der Waals surface area contributed by atoms with Gasteiger partial charge >= 0.3 is 6.03 Å². The molecule has 1 aromatic rings. The van der Waals surface area contributed by atoms with Crippen molar-refractivity contribution in [3.05, 3.63) is 29.8 Å². The number of amides is 3. The van der Waals surface area contributed by atoms with E-state index >= 15 is 0 Å². The van der Waals surface area contributed by atoms with Gasteiger partial charge in [0.05, 0.1) is 0 Å². The summed E-state index contributed by atoms with van der Waals surface area (Å²) in [5.41, 5.74) is 1.47. The van der Waals surface area contributed by atoms with Gasteiger partial charge < -0.3 is 10.6 Å². The lowest BCUT2D eigenvalue weighted by molar-refractivity contribution is -0.120. The lowest BCUT2D eigenvalue weighted by Gasteiger charge is -2.15. The fourth-order valence-electron chi connectivity index (χ4n) is 1.68. The Hall–Kier alpha value is -2.48. The molecule has 5 nitrogen and oxygen atoms in total. The minimum atomic E-state index is -0.534. The lowest BCUT2D eigenvalue weighted by atomic mass is 10.2. The van der Waals surface area contributed by atoms with Gasteiger partial charge in [-0.3, -0.25) is 10.1 Å². The molecule has 0 spiro atoms. The van der Waals surface area contributed by atoms with Crippen LogP contribution in [0.2, 0.25) is 0 Å². The number of rotatable bonds is 4. The van der Waals surface area contributed by atoms with Crippen LogP contribution in [-0.4, -0.2) is 24.0 Å². The molecule has 0 aromatic heterocycles. The molecule has 2 rings (SSSR count). The first-order valence-corrected chi connectivity index (χ1v) is 6.53. The van der Waals surface area contributed by atoms with Crippen LogP contribution in [0, 0.1) is 12.3 Å². The average molecular weight is 271 g/mol. The molecule has 0 radical (unpaired) electrons. The van der Waals surface area contributed by atoms with E-state index < -0.39 is 12.1 Å². The molecule has 3 amide bonds. The normalized spacial score (nSPS) is 14.8. The summed E-state index contributed by atoms with van der Waals surface area (Å²) in [6, 6.07) is 6.44. The van der Waals surface area contributed by atoms with Crippen LogP contribution in [0.25, 0.3) is 0 Å². The van der Waals surface area contributed by atoms with E-state index in [2.05, 4.69) is 21.9 Å². The lowest BCUT2D eigenvalue weighted by Crippen LogP contribution is -2.46. The van der Waals surface area contributed by atoms with Gasteiger partial charge in [0.2, 0.25) is 5.91 Å². The van der Waals surface area contributed by atoms with Gasteiger partial charge in [-0.2, -0.15) is 0 Å². The Balaban J connectivity index is 1.86. The third kappa shape index (κ3) is 4.02. The molecule has 104 valence electrons. The van der Waals surface area contributed by atoms with Crippen LogP contribution in [0.3, 0.4) is 0 Å². The highest BCUT2D eigenvalue weighted by Crippen LogP contribution is 2.18. The van der Waals surface area contributed by atoms with E-state index in [9.17, 15) is 9.59 Å². The summed E-state index contributed by atoms with van der Waals surface area (Å²) in [5.74, 6) is 2.15. The van der Waals surface area contributed by atoms with Gasteiger partial charge in [-0.25, -0.2) is 4.79 Å². The maximum Gasteiger partial charge on any atom is 0.321 e. The highest BCUT2D eigenvalue weighted by atomic mass is 16.2. The SMILES string of the molecule is C#Cc1cccc(N[C@H](C)C(=O)NC(=O)NC2CC2)c1. The quantitative estimate of drug-likeness (QED) is 0.726. The molecule has 0 saturated heterocycles. The van der Waals surface area contributed by atoms with Gasteiger partial charge in [0.25, 0.3) is 0 Å². The van der Waals surface area contributed by atoms with Crippen molar-refractivity contribution in [3.8, 4) is 12.3 Å². The monoisotopic (exact) mass is 271 g/mol. The van der Waals surface area contributed by atoms with Gasteiger partial charge in [-0.05, 0) is 38.0 Å². The molecular weight excluding hydrogens is 254 g/mol. The first-order chi connectivity index (χ1) is 9.58. The van der Waals surface area contributed by atoms with Crippen LogP contribution in [0.1, 0.15) is 25.3 Å². The molecule has 1 aromatic carbocycles. The van der Waals surface area contributed by atoms with Crippen LogP contribution >= 0.6 is 0 Å². The Bertz CT molecular complexity index is 558. The highest BCUT2D eigenvalue weighted by Gasteiger charge is 2.24. The number of hydrogen-bond donors (Lipinski definition) is 3. The van der Waals surface area contributed by atoms with E-state index in [1.807, 2.05) is 12.1 Å². The van der Waals surface area contributed by atoms with E-state index in [1.165, 1.54) is 0 Å². The van der Waals surface area contributed by atoms with Gasteiger partial charge in [0.15, 0.2) is 0 Å². The Kier molecular flexibility index (Phi) is 4.26. The average Bonchev–Trinajstić information content (AvgIpc) is 3.22. The van der Waals surface area contributed by atoms with Crippen LogP contribution in [0.15, 0.2) is 24.3 Å². The van der Waals surface area contributed by atoms with Crippen LogP contribution < -0.4 is 16.0 Å². The number of hydrogen-bond acceptors (Lipinski definition) is 3. The van der Waals surface area contributed by atoms with Crippen molar-refractivity contribution in [2.75, 3.05) is 5.32 Å². The van der Waals surface area contributed by atoms with Crippen molar-refractivity contribution in [1.29, 1.82) is 0 Å². The summed E-state index contributed by atoms with van der Waals surface area (Å²) >= 11 is 0. The second-order valence-corrected chi connectivity index (χ2v) is 4.83. The predicted molar refractivity (Wildman–Crippen MR) is 77.2 cm³/mol. The number of anilines is 1. The zero-order chi connectivity index (χ0) is 14.5. The summed E-state index contributed by atoms with van der Waals surface area (Å²) in [6.45, 7) is 1.68. The van der Waals surface area contributed by atoms with Crippen molar-refractivity contribution >= 4 is 17.6 Å². The minimum Gasteiger partial charge on any atom is -0.374 e. The molecule has 1 fully saturated rings. The number of carbonyl (C=O) groups excluding carboxylic acids is 2. The molecule has 5 heteroatoms. The Labute approximate surface area is 118 Å². The first kappa shape index (κ1) is 13.9. The largest absolute Gasteiger partial charge is 0.374 e. The Morgan fingerprint density at radius 1 is 1.40 bits per heavy atom. The summed E-state index contributed by atoms with van der Waals surface area (Å²) < 4.78 is 0. The maximum atomic E-state index is 11.8. The van der Waals surface area contributed by atoms with Crippen molar-refractivity contribution < 1.29 is 9.59 Å². The summed E-state index contributed by atoms with van der Waals surface area (Å²) in [7, 11) is 0. The number of carbonyl (C=O) groups is 2. The zero-order valence-electron chi connectivity index (χ0n) is 11.3. The number of terminal acetylenes is 1. The van der Waals surface area contributed by atoms with Crippen LogP contribution in [0.4, 0.5) is 10.5 Å². The van der Waals surface area contributed by atoms with E-state index in [0.29, 0.717) is 0 Å². The number of nitrogens with one attached hydrogen (secondary N) is 3. The van der Waals surface area contributed by atoms with E-state index in [4.69, 9.17) is 6.42 Å². The molecule has 0 aliphatic heterocycles. The number of urea groups is 1. The van der Waals surface area contributed by atoms with Gasteiger partial charge in [-0.1, -0.05) is 12.0 Å². The van der Waals surface area contributed by atoms with E-state index in [1.54, 1.807) is 19.1 Å². The molecule has 0 bridgehead atoms. The summed E-state index contributed by atoms with van der Waals surface area (Å²) in [4.78, 5) is 23.3. The minimum absolute atomic E-state index is 0.221. The van der Waals surface area contributed by atoms with Crippen LogP contribution in [0.5, 0.6) is 0 Å². The third-order valence-corrected chi connectivity index (χ3v) is 2.95. The topological polar surface area (TPSA) is 70.2 Å². The van der Waals surface area contributed by atoms with Crippen molar-refractivity contribution in [2.24, 2.45) is 0 Å². The Morgan fingerprint density at radius 2 is 2.15 bits per heavy atom. The van der Waals surface area contributed by atoms with Gasteiger partial charge in [0.1, 0.15) is 6.04 Å². The zero-order valence-corrected chi connectivity index (χ0v) is 11.3. The fraction of sp³-hybridized carbons (Fsp3) is 0.333. The molecule has 1 atom stereocenters. The first-order valence-electron chi connectivity index (χ1n) is 6.53. The molecule has 20 heavy (non-hydrogen) atoms. The highest BCUT2D eigenvalue weighted by molar-refractivity contribution is 5.98. The van der Waals surface area contributed by atoms with Gasteiger partial charge in [0, 0.05) is 17.3 Å². The van der Waals surface area contributed by atoms with Crippen molar-refractivity contribution in [3.63, 3.8) is 0 Å². The second-order valence-electron chi connectivity index (χ2n) is 4.83. The van der Waals surface area contributed by atoms with Crippen molar-refractivity contribution in [1.82, 2.24) is 10.6 Å². The fourth-order valence-corrected chi connectivity index (χ4v) is 1.68. The molecule has 0 heterocycles. The van der Waals surface area contributed by atoms with E-state index in [0.717, 1.165) is 24.1 Å². The standard InChI is InChI=1S/C15H17N3O2/c1-3-11-5-4-6-13(9-11)16-10(2)14(19)18-15(20)17-12-7-8-12/h1,4-6,9-10,12,16H,7-8H2,2H3,(H2,17,18,19,20)/t10-/m1/s1. The number of imide groups is 1. The van der Waals surface area contributed by atoms with Crippen LogP contribution in [-0.2, 0) is 4.79 Å². The molecule has 0 unspecified atom stereocenters. The van der Waals surface area contributed by atoms with Crippen molar-refractivity contribution in [2.45, 2.75) is 31.8 Å².